The van der Waals surface area contributed by atoms with E-state index in [0.29, 0.717) is 26.2 Å². The third-order valence-electron chi connectivity index (χ3n) is 9.97. The molecule has 0 N–H and O–H groups in total. The van der Waals surface area contributed by atoms with Crippen LogP contribution < -0.4 is 20.4 Å². The van der Waals surface area contributed by atoms with Crippen molar-refractivity contribution in [2.24, 2.45) is 0 Å². The van der Waals surface area contributed by atoms with E-state index < -0.39 is 0 Å². The maximum absolute atomic E-state index is 12.4. The molecule has 0 atom stereocenters. The fraction of sp³-hybridized carbons (Fsp3) is 0.333. The summed E-state index contributed by atoms with van der Waals surface area (Å²) in [5.41, 5.74) is 10.9. The van der Waals surface area contributed by atoms with Crippen molar-refractivity contribution in [3.63, 3.8) is 0 Å². The van der Waals surface area contributed by atoms with Gasteiger partial charge in [0.25, 0.3) is 0 Å². The van der Waals surface area contributed by atoms with E-state index in [1.807, 2.05) is 177 Å². The van der Waals surface area contributed by atoms with Gasteiger partial charge in [0.2, 0.25) is 0 Å². The molecule has 6 aromatic rings. The Morgan fingerprint density at radius 3 is 0.672 bits per heavy atom. The SMILES string of the molecule is CCCN(Cc1cc(C)cc(C)c1[O-])Cc1cc(C)cc(C)c1[O-].CCCN(Cc1cc(C)cc(C)c1[O-])Cc1cc(C)cc(C)c1[O-].[Ti+4].c1ccccc1.c1ccccc1. The first-order chi connectivity index (χ1) is 28.6. The molecule has 7 heteroatoms. The number of nitrogens with zero attached hydrogens (tertiary/aromatic N) is 2. The molecule has 0 unspecified atom stereocenters. The minimum atomic E-state index is 0. The Hall–Kier alpha value is -4.85. The van der Waals surface area contributed by atoms with Gasteiger partial charge in [-0.1, -0.05) is 180 Å². The van der Waals surface area contributed by atoms with Crippen LogP contribution in [0.2, 0.25) is 0 Å². The number of benzene rings is 6. The first kappa shape index (κ1) is 52.3. The summed E-state index contributed by atoms with van der Waals surface area (Å²) in [4.78, 5) is 4.40. The summed E-state index contributed by atoms with van der Waals surface area (Å²) >= 11 is 0. The fourth-order valence-corrected chi connectivity index (χ4v) is 7.43. The summed E-state index contributed by atoms with van der Waals surface area (Å²) in [6.45, 7) is 23.8. The van der Waals surface area contributed by atoms with Gasteiger partial charge >= 0.3 is 21.7 Å². The standard InChI is InChI=1S/2C21H29NO2.2C6H6.Ti/c2*1-6-7-22(12-18-10-14(2)8-16(4)20(18)23)13-19-11-15(3)9-17(5)21(19)24;2*1-2-4-6-5-3-1;/h2*8-11,23-24H,6-7,12-13H2,1-5H3;2*1-6H;/q;;;;+4/p-4. The third-order valence-corrected chi connectivity index (χ3v) is 9.97. The second-order valence-corrected chi connectivity index (χ2v) is 16.0. The molecule has 0 amide bonds. The summed E-state index contributed by atoms with van der Waals surface area (Å²) in [6.07, 6.45) is 1.97. The zero-order valence-corrected chi connectivity index (χ0v) is 39.8. The van der Waals surface area contributed by atoms with Gasteiger partial charge in [-0.15, -0.1) is 23.0 Å². The third kappa shape index (κ3) is 18.0. The molecule has 0 spiro atoms. The van der Waals surface area contributed by atoms with Gasteiger partial charge < -0.3 is 20.4 Å². The van der Waals surface area contributed by atoms with E-state index >= 15 is 0 Å². The molecule has 61 heavy (non-hydrogen) atoms. The van der Waals surface area contributed by atoms with Crippen LogP contribution in [0, 0.1) is 55.4 Å². The monoisotopic (exact) mass is 854 g/mol. The van der Waals surface area contributed by atoms with Crippen LogP contribution in [0.25, 0.3) is 0 Å². The van der Waals surface area contributed by atoms with Crippen molar-refractivity contribution in [1.82, 2.24) is 9.80 Å². The fourth-order valence-electron chi connectivity index (χ4n) is 7.43. The number of hydrogen-bond donors (Lipinski definition) is 0. The summed E-state index contributed by atoms with van der Waals surface area (Å²) in [5, 5.41) is 49.6. The van der Waals surface area contributed by atoms with Crippen LogP contribution in [0.15, 0.2) is 121 Å². The minimum Gasteiger partial charge on any atom is -0.872 e. The second kappa shape index (κ2) is 27.2. The second-order valence-electron chi connectivity index (χ2n) is 16.0. The predicted octanol–water partition coefficient (Wildman–Crippen LogP) is 10.3. The molecule has 6 rings (SSSR count). The van der Waals surface area contributed by atoms with Gasteiger partial charge in [-0.3, -0.25) is 9.80 Å². The van der Waals surface area contributed by atoms with Gasteiger partial charge in [0.15, 0.2) is 0 Å². The van der Waals surface area contributed by atoms with Crippen LogP contribution in [-0.4, -0.2) is 22.9 Å². The molecule has 0 heterocycles. The molecular weight excluding hydrogens is 788 g/mol. The van der Waals surface area contributed by atoms with Gasteiger partial charge in [0, 0.05) is 26.2 Å². The Morgan fingerprint density at radius 1 is 0.328 bits per heavy atom. The Balaban J connectivity index is 0.000000324. The van der Waals surface area contributed by atoms with E-state index in [9.17, 15) is 20.4 Å². The number of hydrogen-bond acceptors (Lipinski definition) is 6. The molecule has 0 aliphatic heterocycles. The van der Waals surface area contributed by atoms with Crippen molar-refractivity contribution >= 4 is 0 Å². The van der Waals surface area contributed by atoms with Crippen molar-refractivity contribution in [3.05, 3.63) is 188 Å². The van der Waals surface area contributed by atoms with E-state index in [4.69, 9.17) is 0 Å². The summed E-state index contributed by atoms with van der Waals surface area (Å²) in [6, 6.07) is 39.6. The van der Waals surface area contributed by atoms with Crippen LogP contribution in [0.1, 0.15) is 93.5 Å². The summed E-state index contributed by atoms with van der Waals surface area (Å²) in [7, 11) is 0. The van der Waals surface area contributed by atoms with Gasteiger partial charge in [0.1, 0.15) is 0 Å². The first-order valence-corrected chi connectivity index (χ1v) is 21.2. The van der Waals surface area contributed by atoms with Gasteiger partial charge in [-0.2, -0.15) is 0 Å². The van der Waals surface area contributed by atoms with Crippen molar-refractivity contribution in [2.45, 2.75) is 108 Å². The molecule has 6 nitrogen and oxygen atoms in total. The Morgan fingerprint density at radius 2 is 0.508 bits per heavy atom. The van der Waals surface area contributed by atoms with Gasteiger partial charge in [-0.05, 0) is 104 Å². The predicted molar refractivity (Wildman–Crippen MR) is 243 cm³/mol. The topological polar surface area (TPSA) is 98.7 Å². The molecule has 0 saturated carbocycles. The quantitative estimate of drug-likeness (QED) is 0.114. The van der Waals surface area contributed by atoms with E-state index in [0.717, 1.165) is 92.7 Å². The van der Waals surface area contributed by atoms with Crippen LogP contribution >= 0.6 is 0 Å². The van der Waals surface area contributed by atoms with Crippen LogP contribution in [0.3, 0.4) is 0 Å². The maximum Gasteiger partial charge on any atom is 4.00 e. The summed E-state index contributed by atoms with van der Waals surface area (Å²) < 4.78 is 0. The van der Waals surface area contributed by atoms with E-state index in [2.05, 4.69) is 23.6 Å². The molecule has 320 valence electrons. The van der Waals surface area contributed by atoms with E-state index in [1.54, 1.807) is 0 Å². The molecule has 0 saturated heterocycles. The Bertz CT molecular complexity index is 1860. The van der Waals surface area contributed by atoms with Crippen LogP contribution in [0.4, 0.5) is 0 Å². The Kier molecular flexibility index (Phi) is 23.3. The number of aryl methyl sites for hydroxylation is 8. The molecule has 0 aliphatic rings. The van der Waals surface area contributed by atoms with Crippen molar-refractivity contribution in [2.75, 3.05) is 13.1 Å². The van der Waals surface area contributed by atoms with E-state index in [-0.39, 0.29) is 44.7 Å². The summed E-state index contributed by atoms with van der Waals surface area (Å²) in [5.74, 6) is 0.461. The molecule has 0 fully saturated rings. The zero-order chi connectivity index (χ0) is 44.2. The molecule has 0 radical (unpaired) electrons. The molecule has 0 aliphatic carbocycles. The average Bonchev–Trinajstić information content (AvgIpc) is 3.21. The minimum absolute atomic E-state index is 0. The number of rotatable bonds is 12. The Labute approximate surface area is 382 Å². The normalized spacial score (nSPS) is 10.4. The van der Waals surface area contributed by atoms with E-state index in [1.165, 1.54) is 0 Å². The van der Waals surface area contributed by atoms with Crippen LogP contribution in [-0.2, 0) is 47.9 Å². The largest absolute Gasteiger partial charge is 4.00 e. The van der Waals surface area contributed by atoms with Gasteiger partial charge in [0.05, 0.1) is 0 Å². The zero-order valence-electron chi connectivity index (χ0n) is 38.2. The molecular formula is C54H66N2O4Ti. The molecule has 6 aromatic carbocycles. The van der Waals surface area contributed by atoms with Crippen molar-refractivity contribution < 1.29 is 42.1 Å². The molecule has 0 bridgehead atoms. The van der Waals surface area contributed by atoms with Crippen molar-refractivity contribution in [3.8, 4) is 23.0 Å². The van der Waals surface area contributed by atoms with Crippen LogP contribution in [0.5, 0.6) is 23.0 Å². The first-order valence-electron chi connectivity index (χ1n) is 21.2. The maximum atomic E-state index is 12.4. The van der Waals surface area contributed by atoms with Gasteiger partial charge in [-0.25, -0.2) is 0 Å². The average molecular weight is 855 g/mol. The smallest absolute Gasteiger partial charge is 0.872 e. The molecule has 0 aromatic heterocycles. The van der Waals surface area contributed by atoms with Crippen molar-refractivity contribution in [1.29, 1.82) is 0 Å².